The number of hydrogen-bond acceptors (Lipinski definition) is 3. The maximum atomic E-state index is 12.2. The second kappa shape index (κ2) is 7.33. The van der Waals surface area contributed by atoms with E-state index in [1.807, 2.05) is 30.3 Å². The Morgan fingerprint density at radius 3 is 2.72 bits per heavy atom. The summed E-state index contributed by atoms with van der Waals surface area (Å²) in [6, 6.07) is 11.3. The molecule has 0 unspecified atom stereocenters. The Kier molecular flexibility index (Phi) is 5.16. The minimum Gasteiger partial charge on any atom is -0.345 e. The topological polar surface area (TPSA) is 73.1 Å². The summed E-state index contributed by atoms with van der Waals surface area (Å²) in [4.78, 5) is 13.7. The lowest BCUT2D eigenvalue weighted by atomic mass is 10.0. The fraction of sp³-hybridized carbons (Fsp3) is 0.316. The predicted molar refractivity (Wildman–Crippen MR) is 98.9 cm³/mol. The van der Waals surface area contributed by atoms with Crippen molar-refractivity contribution in [1.82, 2.24) is 4.90 Å². The lowest BCUT2D eigenvalue weighted by Gasteiger charge is -2.13. The van der Waals surface area contributed by atoms with Gasteiger partial charge in [-0.15, -0.1) is 0 Å². The highest BCUT2D eigenvalue weighted by molar-refractivity contribution is 6.36. The molecular weight excluding hydrogens is 336 g/mol. The number of nitrogens with one attached hydrogen (secondary N) is 1. The highest BCUT2D eigenvalue weighted by Crippen LogP contribution is 2.39. The second-order valence-corrected chi connectivity index (χ2v) is 7.02. The maximum absolute atomic E-state index is 12.2. The van der Waals surface area contributed by atoms with Crippen LogP contribution in [-0.4, -0.2) is 31.4 Å². The Morgan fingerprint density at radius 1 is 1.32 bits per heavy atom. The van der Waals surface area contributed by atoms with Gasteiger partial charge in [-0.3, -0.25) is 4.79 Å². The van der Waals surface area contributed by atoms with Crippen molar-refractivity contribution in [3.8, 4) is 11.1 Å². The van der Waals surface area contributed by atoms with Crippen LogP contribution in [0.3, 0.4) is 0 Å². The zero-order chi connectivity index (χ0) is 18.0. The minimum atomic E-state index is -0.0576. The molecule has 1 amide bonds. The van der Waals surface area contributed by atoms with Gasteiger partial charge in [0, 0.05) is 37.2 Å². The predicted octanol–water partition coefficient (Wildman–Crippen LogP) is 3.98. The van der Waals surface area contributed by atoms with Crippen molar-refractivity contribution >= 4 is 28.9 Å². The number of halogens is 1. The minimum absolute atomic E-state index is 0.0576. The van der Waals surface area contributed by atoms with Crippen molar-refractivity contribution in [3.63, 3.8) is 0 Å². The Morgan fingerprint density at radius 2 is 2.08 bits per heavy atom. The highest BCUT2D eigenvalue weighted by Gasteiger charge is 2.25. The smallest absolute Gasteiger partial charge is 0.253 e. The van der Waals surface area contributed by atoms with Gasteiger partial charge in [0.15, 0.2) is 11.4 Å². The summed E-state index contributed by atoms with van der Waals surface area (Å²) in [5, 5.41) is 6.22. The third-order valence-corrected chi connectivity index (χ3v) is 4.84. The average molecular weight is 358 g/mol. The number of amides is 1. The normalized spacial score (nSPS) is 13.6. The summed E-state index contributed by atoms with van der Waals surface area (Å²) >= 11 is 6.54. The molecule has 3 rings (SSSR count). The van der Waals surface area contributed by atoms with Crippen molar-refractivity contribution in [2.24, 2.45) is 11.0 Å². The molecular formula is C19H22ClN4O+. The van der Waals surface area contributed by atoms with Crippen molar-refractivity contribution in [2.75, 3.05) is 20.6 Å². The number of nitrogens with two attached hydrogens (primary N) is 1. The molecule has 2 aromatic rings. The van der Waals surface area contributed by atoms with E-state index in [1.165, 1.54) is 12.8 Å². The van der Waals surface area contributed by atoms with Crippen LogP contribution in [0.1, 0.15) is 23.2 Å². The molecule has 6 heteroatoms. The molecule has 1 saturated carbocycles. The van der Waals surface area contributed by atoms with E-state index in [-0.39, 0.29) is 5.91 Å². The van der Waals surface area contributed by atoms with Gasteiger partial charge in [0.25, 0.3) is 5.91 Å². The molecule has 1 aliphatic carbocycles. The van der Waals surface area contributed by atoms with Crippen molar-refractivity contribution < 1.29 is 10.1 Å². The first-order valence-electron chi connectivity index (χ1n) is 8.36. The molecule has 0 bridgehead atoms. The van der Waals surface area contributed by atoms with E-state index in [9.17, 15) is 4.79 Å². The third kappa shape index (κ3) is 3.89. The molecule has 0 heterocycles. The van der Waals surface area contributed by atoms with Gasteiger partial charge in [0.2, 0.25) is 0 Å². The highest BCUT2D eigenvalue weighted by atomic mass is 35.5. The van der Waals surface area contributed by atoms with Crippen LogP contribution in [0.25, 0.3) is 11.1 Å². The molecule has 0 radical (unpaired) electrons. The molecule has 0 aliphatic heterocycles. The van der Waals surface area contributed by atoms with Gasteiger partial charge in [-0.25, -0.2) is 5.53 Å². The fourth-order valence-electron chi connectivity index (χ4n) is 2.81. The molecule has 0 spiro atoms. The molecule has 3 N–H and O–H groups in total. The van der Waals surface area contributed by atoms with Gasteiger partial charge < -0.3 is 10.2 Å². The van der Waals surface area contributed by atoms with Gasteiger partial charge >= 0.3 is 0 Å². The van der Waals surface area contributed by atoms with Gasteiger partial charge in [-0.1, -0.05) is 23.7 Å². The van der Waals surface area contributed by atoms with Crippen LogP contribution < -0.4 is 5.32 Å². The summed E-state index contributed by atoms with van der Waals surface area (Å²) in [6.45, 7) is 1.00. The molecule has 25 heavy (non-hydrogen) atoms. The van der Waals surface area contributed by atoms with Crippen LogP contribution in [0, 0.1) is 11.4 Å². The summed E-state index contributed by atoms with van der Waals surface area (Å²) in [7, 11) is 3.45. The lowest BCUT2D eigenvalue weighted by Crippen LogP contribution is -2.78. The van der Waals surface area contributed by atoms with Gasteiger partial charge in [-0.2, -0.15) is 5.11 Å². The number of rotatable bonds is 6. The number of carbonyl (C=O) groups is 1. The van der Waals surface area contributed by atoms with E-state index in [4.69, 9.17) is 17.1 Å². The molecule has 5 nitrogen and oxygen atoms in total. The number of carbonyl (C=O) groups excluding carboxylic acids is 1. The first-order valence-corrected chi connectivity index (χ1v) is 8.74. The number of quaternary nitrogens is 1. The Balaban J connectivity index is 1.95. The van der Waals surface area contributed by atoms with E-state index in [2.05, 4.69) is 10.4 Å². The largest absolute Gasteiger partial charge is 0.345 e. The SMILES string of the molecule is CN(C)C(=O)c1cccc(-c2ccc([NH2+]CC3CC3)c(N=N)c2Cl)c1. The van der Waals surface area contributed by atoms with Gasteiger partial charge in [0.05, 0.1) is 11.6 Å². The van der Waals surface area contributed by atoms with E-state index in [1.54, 1.807) is 25.1 Å². The van der Waals surface area contributed by atoms with Crippen LogP contribution in [0.5, 0.6) is 0 Å². The molecule has 1 fully saturated rings. The number of nitrogens with zero attached hydrogens (tertiary/aromatic N) is 2. The maximum Gasteiger partial charge on any atom is 0.253 e. The Hall–Kier alpha value is -2.24. The van der Waals surface area contributed by atoms with Gasteiger partial charge in [-0.05, 0) is 36.6 Å². The molecule has 1 aliphatic rings. The number of hydrogen-bond donors (Lipinski definition) is 2. The summed E-state index contributed by atoms with van der Waals surface area (Å²) in [6.07, 6.45) is 2.56. The Bertz CT molecular complexity index is 815. The van der Waals surface area contributed by atoms with Crippen molar-refractivity contribution in [3.05, 3.63) is 47.0 Å². The monoisotopic (exact) mass is 357 g/mol. The van der Waals surface area contributed by atoms with E-state index >= 15 is 0 Å². The van der Waals surface area contributed by atoms with Crippen LogP contribution >= 0.6 is 11.6 Å². The van der Waals surface area contributed by atoms with Crippen LogP contribution in [0.2, 0.25) is 5.02 Å². The van der Waals surface area contributed by atoms with E-state index in [0.717, 1.165) is 29.3 Å². The molecule has 0 atom stereocenters. The second-order valence-electron chi connectivity index (χ2n) is 6.64. The fourth-order valence-corrected chi connectivity index (χ4v) is 3.13. The summed E-state index contributed by atoms with van der Waals surface area (Å²) in [5.41, 5.74) is 11.1. The van der Waals surface area contributed by atoms with Gasteiger partial charge in [0.1, 0.15) is 0 Å². The average Bonchev–Trinajstić information content (AvgIpc) is 3.43. The van der Waals surface area contributed by atoms with E-state index < -0.39 is 0 Å². The van der Waals surface area contributed by atoms with Crippen LogP contribution in [-0.2, 0) is 0 Å². The zero-order valence-electron chi connectivity index (χ0n) is 14.4. The standard InChI is InChI=1S/C19H21ClN4O/c1-24(2)19(25)14-5-3-4-13(10-14)15-8-9-16(18(23-21)17(15)20)22-11-12-6-7-12/h3-5,8-10,12,21-22H,6-7,11H2,1-2H3/p+1. The first kappa shape index (κ1) is 17.6. The Labute approximate surface area is 152 Å². The lowest BCUT2D eigenvalue weighted by molar-refractivity contribution is -0.574. The van der Waals surface area contributed by atoms with Crippen molar-refractivity contribution in [2.45, 2.75) is 12.8 Å². The van der Waals surface area contributed by atoms with Crippen LogP contribution in [0.15, 0.2) is 41.5 Å². The number of benzene rings is 2. The molecule has 0 aromatic heterocycles. The molecule has 2 aromatic carbocycles. The summed E-state index contributed by atoms with van der Waals surface area (Å²) < 4.78 is 0. The third-order valence-electron chi connectivity index (χ3n) is 4.45. The van der Waals surface area contributed by atoms with Crippen molar-refractivity contribution in [1.29, 1.82) is 5.53 Å². The quantitative estimate of drug-likeness (QED) is 0.595. The van der Waals surface area contributed by atoms with Crippen LogP contribution in [0.4, 0.5) is 11.4 Å². The molecule has 130 valence electrons. The first-order chi connectivity index (χ1) is 12.0. The molecule has 0 saturated heterocycles. The van der Waals surface area contributed by atoms with E-state index in [0.29, 0.717) is 16.3 Å². The zero-order valence-corrected chi connectivity index (χ0v) is 15.2. The summed E-state index contributed by atoms with van der Waals surface area (Å²) in [5.74, 6) is 0.712.